The predicted octanol–water partition coefficient (Wildman–Crippen LogP) is 9.02. The molecule has 2 heterocycles. The number of benzene rings is 5. The van der Waals surface area contributed by atoms with Crippen molar-refractivity contribution in [1.82, 2.24) is 0 Å². The molecule has 2 nitrogen and oxygen atoms in total. The summed E-state index contributed by atoms with van der Waals surface area (Å²) in [5, 5.41) is 7.44. The maximum Gasteiger partial charge on any atom is 0.228 e. The monoisotopic (exact) mass is 480 g/mol. The first-order valence-corrected chi connectivity index (χ1v) is 13.0. The van der Waals surface area contributed by atoms with Crippen molar-refractivity contribution in [3.8, 4) is 33.9 Å². The third-order valence-corrected chi connectivity index (χ3v) is 7.93. The van der Waals surface area contributed by atoms with Crippen LogP contribution >= 0.6 is 0 Å². The Morgan fingerprint density at radius 2 is 1.43 bits per heavy atom. The minimum absolute atomic E-state index is 0.0846. The molecule has 0 unspecified atom stereocenters. The molecule has 180 valence electrons. The maximum atomic E-state index is 6.99. The van der Waals surface area contributed by atoms with Gasteiger partial charge in [0, 0.05) is 17.0 Å². The van der Waals surface area contributed by atoms with Gasteiger partial charge in [0.2, 0.25) is 5.69 Å². The molecule has 0 atom stereocenters. The van der Waals surface area contributed by atoms with Crippen molar-refractivity contribution in [2.45, 2.75) is 33.1 Å². The Bertz CT molecular complexity index is 1890. The quantitative estimate of drug-likeness (QED) is 0.169. The average molecular weight is 481 g/mol. The first kappa shape index (κ1) is 22.1. The zero-order valence-corrected chi connectivity index (χ0v) is 22.0. The van der Waals surface area contributed by atoms with Crippen LogP contribution in [0.1, 0.15) is 31.9 Å². The number of aromatic nitrogens is 1. The molecule has 0 fully saturated rings. The number of hydrogen-bond donors (Lipinski definition) is 0. The van der Waals surface area contributed by atoms with E-state index in [9.17, 15) is 0 Å². The van der Waals surface area contributed by atoms with Crippen LogP contribution in [0.25, 0.3) is 54.7 Å². The topological polar surface area (TPSA) is 13.1 Å². The lowest BCUT2D eigenvalue weighted by Crippen LogP contribution is -2.32. The number of nitrogens with zero attached hydrogens (tertiary/aromatic N) is 1. The molecule has 1 aromatic heterocycles. The van der Waals surface area contributed by atoms with E-state index in [1.165, 1.54) is 65.8 Å². The van der Waals surface area contributed by atoms with E-state index in [-0.39, 0.29) is 5.41 Å². The Morgan fingerprint density at radius 3 is 2.19 bits per heavy atom. The molecule has 37 heavy (non-hydrogen) atoms. The number of ether oxygens (including phenoxy) is 1. The summed E-state index contributed by atoms with van der Waals surface area (Å²) in [5.74, 6) is 1.93. The van der Waals surface area contributed by atoms with Gasteiger partial charge < -0.3 is 4.74 Å². The lowest BCUT2D eigenvalue weighted by Gasteiger charge is -2.30. The van der Waals surface area contributed by atoms with Crippen molar-refractivity contribution >= 4 is 32.3 Å². The van der Waals surface area contributed by atoms with Crippen LogP contribution in [0.5, 0.6) is 11.5 Å². The standard InChI is InChI=1S/C35H30NO/c1-21-25-13-9-10-14-28(25)32(35(2,3)4)34-30(21)33-31-27(17-18-36(33)5)26-16-15-23(22-11-7-6-8-12-22)19-24(26)20-29(31)37-34/h6-20H,1-5H3/q+1. The Labute approximate surface area is 217 Å². The van der Waals surface area contributed by atoms with E-state index < -0.39 is 0 Å². The summed E-state index contributed by atoms with van der Waals surface area (Å²) < 4.78 is 9.26. The number of pyridine rings is 1. The predicted molar refractivity (Wildman–Crippen MR) is 155 cm³/mol. The maximum absolute atomic E-state index is 6.99. The molecule has 1 aliphatic rings. The van der Waals surface area contributed by atoms with Crippen molar-refractivity contribution in [2.75, 3.05) is 0 Å². The van der Waals surface area contributed by atoms with Gasteiger partial charge in [-0.05, 0) is 62.7 Å². The van der Waals surface area contributed by atoms with Crippen LogP contribution in [0.4, 0.5) is 0 Å². The second kappa shape index (κ2) is 7.66. The van der Waals surface area contributed by atoms with Crippen LogP contribution in [0.15, 0.2) is 91.1 Å². The number of rotatable bonds is 1. The molecule has 0 radical (unpaired) electrons. The number of hydrogen-bond acceptors (Lipinski definition) is 1. The van der Waals surface area contributed by atoms with Crippen LogP contribution in [-0.2, 0) is 12.5 Å². The highest BCUT2D eigenvalue weighted by Crippen LogP contribution is 2.54. The van der Waals surface area contributed by atoms with Gasteiger partial charge in [0.25, 0.3) is 0 Å². The first-order chi connectivity index (χ1) is 17.8. The highest BCUT2D eigenvalue weighted by Gasteiger charge is 2.36. The summed E-state index contributed by atoms with van der Waals surface area (Å²) in [6, 6.07) is 30.6. The summed E-state index contributed by atoms with van der Waals surface area (Å²) in [5.41, 5.74) is 7.34. The van der Waals surface area contributed by atoms with Gasteiger partial charge in [-0.25, -0.2) is 4.57 Å². The van der Waals surface area contributed by atoms with E-state index in [1.807, 2.05) is 0 Å². The van der Waals surface area contributed by atoms with Gasteiger partial charge in [0.15, 0.2) is 6.20 Å². The summed E-state index contributed by atoms with van der Waals surface area (Å²) in [4.78, 5) is 0. The van der Waals surface area contributed by atoms with Crippen LogP contribution < -0.4 is 9.30 Å². The Morgan fingerprint density at radius 1 is 0.703 bits per heavy atom. The van der Waals surface area contributed by atoms with E-state index in [1.54, 1.807) is 0 Å². The molecule has 0 spiro atoms. The zero-order valence-electron chi connectivity index (χ0n) is 22.0. The van der Waals surface area contributed by atoms with Gasteiger partial charge in [-0.2, -0.15) is 0 Å². The lowest BCUT2D eigenvalue weighted by atomic mass is 9.78. The van der Waals surface area contributed by atoms with E-state index >= 15 is 0 Å². The molecule has 5 aromatic carbocycles. The summed E-state index contributed by atoms with van der Waals surface area (Å²) in [6.07, 6.45) is 2.20. The normalized spacial score (nSPS) is 12.7. The lowest BCUT2D eigenvalue weighted by molar-refractivity contribution is -0.659. The average Bonchev–Trinajstić information content (AvgIpc) is 2.89. The largest absolute Gasteiger partial charge is 0.455 e. The number of aryl methyl sites for hydroxylation is 2. The molecule has 0 bridgehead atoms. The molecule has 0 saturated carbocycles. The van der Waals surface area contributed by atoms with E-state index in [0.29, 0.717) is 0 Å². The van der Waals surface area contributed by atoms with Crippen molar-refractivity contribution in [3.63, 3.8) is 0 Å². The zero-order chi connectivity index (χ0) is 25.5. The highest BCUT2D eigenvalue weighted by molar-refractivity contribution is 6.16. The fraction of sp³-hybridized carbons (Fsp3) is 0.171. The molecule has 7 rings (SSSR count). The van der Waals surface area contributed by atoms with Crippen LogP contribution in [0.3, 0.4) is 0 Å². The van der Waals surface area contributed by atoms with Crippen molar-refractivity contribution in [2.24, 2.45) is 7.05 Å². The smallest absolute Gasteiger partial charge is 0.228 e. The van der Waals surface area contributed by atoms with Gasteiger partial charge in [-0.3, -0.25) is 0 Å². The minimum Gasteiger partial charge on any atom is -0.455 e. The third-order valence-electron chi connectivity index (χ3n) is 7.93. The van der Waals surface area contributed by atoms with Gasteiger partial charge >= 0.3 is 0 Å². The van der Waals surface area contributed by atoms with Crippen molar-refractivity contribution in [1.29, 1.82) is 0 Å². The molecule has 2 heteroatoms. The SMILES string of the molecule is Cc1c2c(c(C(C)(C)C)c3ccccc13)Oc1cc3cc(-c4ccccc4)ccc3c3cc[n+](C)c-2c13. The summed E-state index contributed by atoms with van der Waals surface area (Å²) in [6.45, 7) is 9.11. The Hall–Kier alpha value is -4.17. The highest BCUT2D eigenvalue weighted by atomic mass is 16.5. The van der Waals surface area contributed by atoms with Gasteiger partial charge in [0.1, 0.15) is 18.5 Å². The number of fused-ring (bicyclic) bond motifs is 5. The second-order valence-electron chi connectivity index (χ2n) is 11.3. The molecule has 0 amide bonds. The van der Waals surface area contributed by atoms with Gasteiger partial charge in [0.05, 0.1) is 10.9 Å². The summed E-state index contributed by atoms with van der Waals surface area (Å²) in [7, 11) is 2.15. The molecule has 0 saturated heterocycles. The Kier molecular flexibility index (Phi) is 4.57. The van der Waals surface area contributed by atoms with Gasteiger partial charge in [-0.15, -0.1) is 0 Å². The molecule has 0 aliphatic carbocycles. The molecular formula is C35H30NO+. The second-order valence-corrected chi connectivity index (χ2v) is 11.3. The van der Waals surface area contributed by atoms with Gasteiger partial charge in [-0.1, -0.05) is 87.5 Å². The molecule has 0 N–H and O–H groups in total. The van der Waals surface area contributed by atoms with E-state index in [0.717, 1.165) is 11.5 Å². The van der Waals surface area contributed by atoms with E-state index in [4.69, 9.17) is 4.74 Å². The third kappa shape index (κ3) is 3.15. The van der Waals surface area contributed by atoms with E-state index in [2.05, 4.69) is 130 Å². The first-order valence-electron chi connectivity index (χ1n) is 13.0. The van der Waals surface area contributed by atoms with Crippen LogP contribution in [0.2, 0.25) is 0 Å². The van der Waals surface area contributed by atoms with Crippen LogP contribution in [-0.4, -0.2) is 0 Å². The van der Waals surface area contributed by atoms with Crippen LogP contribution in [0, 0.1) is 6.92 Å². The Balaban J connectivity index is 1.62. The molecule has 1 aliphatic heterocycles. The fourth-order valence-corrected chi connectivity index (χ4v) is 6.28. The van der Waals surface area contributed by atoms with Crippen molar-refractivity contribution in [3.05, 3.63) is 102 Å². The van der Waals surface area contributed by atoms with Crippen molar-refractivity contribution < 1.29 is 9.30 Å². The minimum atomic E-state index is -0.0846. The fourth-order valence-electron chi connectivity index (χ4n) is 6.28. The molecule has 6 aromatic rings. The molecular weight excluding hydrogens is 450 g/mol. The summed E-state index contributed by atoms with van der Waals surface area (Å²) >= 11 is 0.